The summed E-state index contributed by atoms with van der Waals surface area (Å²) in [5, 5.41) is 0. The Labute approximate surface area is 121 Å². The van der Waals surface area contributed by atoms with Crippen LogP contribution in [0.1, 0.15) is 18.4 Å². The molecule has 21 heavy (non-hydrogen) atoms. The molecular weight excluding hydrogens is 282 g/mol. The number of carbonyl (C=O) groups excluding carboxylic acids is 2. The van der Waals surface area contributed by atoms with Crippen LogP contribution in [0.5, 0.6) is 0 Å². The fourth-order valence-corrected chi connectivity index (χ4v) is 2.48. The number of hydrogen-bond acceptors (Lipinski definition) is 4. The molecule has 0 aromatic heterocycles. The van der Waals surface area contributed by atoms with Crippen molar-refractivity contribution in [2.24, 2.45) is 5.41 Å². The summed E-state index contributed by atoms with van der Waals surface area (Å²) < 4.78 is 36.5. The van der Waals surface area contributed by atoms with E-state index < -0.39 is 42.5 Å². The molecule has 114 valence electrons. The molecule has 2 atom stereocenters. The van der Waals surface area contributed by atoms with Gasteiger partial charge >= 0.3 is 11.9 Å². The van der Waals surface area contributed by atoms with E-state index in [1.54, 1.807) is 30.3 Å². The molecule has 6 heteroatoms. The van der Waals surface area contributed by atoms with E-state index in [1.807, 2.05) is 0 Å². The van der Waals surface area contributed by atoms with Gasteiger partial charge in [0.25, 0.3) is 0 Å². The number of methoxy groups -OCH3 is 1. The molecule has 2 rings (SSSR count). The summed E-state index contributed by atoms with van der Waals surface area (Å²) >= 11 is 0. The number of halogens is 2. The van der Waals surface area contributed by atoms with Crippen molar-refractivity contribution in [3.05, 3.63) is 35.9 Å². The Bertz CT molecular complexity index is 508. The molecule has 1 aromatic rings. The molecule has 1 saturated carbocycles. The van der Waals surface area contributed by atoms with Gasteiger partial charge in [0.15, 0.2) is 5.41 Å². The van der Waals surface area contributed by atoms with Gasteiger partial charge in [-0.2, -0.15) is 0 Å². The first-order valence-electron chi connectivity index (χ1n) is 6.57. The van der Waals surface area contributed by atoms with Gasteiger partial charge in [-0.1, -0.05) is 30.3 Å². The lowest BCUT2D eigenvalue weighted by Crippen LogP contribution is -2.40. The van der Waals surface area contributed by atoms with Gasteiger partial charge in [0.05, 0.1) is 7.11 Å². The fourth-order valence-electron chi connectivity index (χ4n) is 2.48. The van der Waals surface area contributed by atoms with Crippen LogP contribution in [0.2, 0.25) is 0 Å². The second-order valence-electron chi connectivity index (χ2n) is 5.08. The molecule has 0 spiro atoms. The van der Waals surface area contributed by atoms with Gasteiger partial charge in [-0.3, -0.25) is 9.59 Å². The fraction of sp³-hybridized carbons (Fsp3) is 0.467. The molecule has 0 amide bonds. The standard InChI is InChI=1S/C15H16F2O4/c1-20-13(18)15(7-11(16)12(17)8-15)14(19)21-9-10-5-3-2-4-6-10/h2-6,11-12H,7-9H2,1H3. The van der Waals surface area contributed by atoms with Crippen molar-refractivity contribution in [3.63, 3.8) is 0 Å². The minimum Gasteiger partial charge on any atom is -0.468 e. The molecular formula is C15H16F2O4. The zero-order valence-electron chi connectivity index (χ0n) is 11.6. The summed E-state index contributed by atoms with van der Waals surface area (Å²) in [5.74, 6) is -1.90. The van der Waals surface area contributed by atoms with Crippen molar-refractivity contribution in [3.8, 4) is 0 Å². The van der Waals surface area contributed by atoms with E-state index in [2.05, 4.69) is 4.74 Å². The number of hydrogen-bond donors (Lipinski definition) is 0. The van der Waals surface area contributed by atoms with Gasteiger partial charge in [-0.05, 0) is 5.56 Å². The van der Waals surface area contributed by atoms with E-state index in [1.165, 1.54) is 0 Å². The normalized spacial score (nSPS) is 28.1. The van der Waals surface area contributed by atoms with E-state index in [0.29, 0.717) is 0 Å². The highest BCUT2D eigenvalue weighted by atomic mass is 19.2. The van der Waals surface area contributed by atoms with Crippen molar-refractivity contribution >= 4 is 11.9 Å². The van der Waals surface area contributed by atoms with Gasteiger partial charge < -0.3 is 9.47 Å². The predicted octanol–water partition coefficient (Wildman–Crippen LogP) is 2.36. The van der Waals surface area contributed by atoms with Gasteiger partial charge in [0, 0.05) is 12.8 Å². The minimum absolute atomic E-state index is 0.0632. The Morgan fingerprint density at radius 1 is 1.14 bits per heavy atom. The number of ether oxygens (including phenoxy) is 2. The molecule has 0 bridgehead atoms. The third-order valence-electron chi connectivity index (χ3n) is 3.66. The van der Waals surface area contributed by atoms with E-state index >= 15 is 0 Å². The van der Waals surface area contributed by atoms with Crippen LogP contribution in [0.4, 0.5) is 8.78 Å². The molecule has 1 aliphatic rings. The van der Waals surface area contributed by atoms with Crippen LogP contribution in [0.25, 0.3) is 0 Å². The van der Waals surface area contributed by atoms with Crippen molar-refractivity contribution in [1.82, 2.24) is 0 Å². The Morgan fingerprint density at radius 2 is 1.71 bits per heavy atom. The zero-order valence-corrected chi connectivity index (χ0v) is 11.6. The Balaban J connectivity index is 2.11. The lowest BCUT2D eigenvalue weighted by atomic mass is 9.86. The molecule has 0 radical (unpaired) electrons. The minimum atomic E-state index is -1.89. The van der Waals surface area contributed by atoms with E-state index in [0.717, 1.165) is 12.7 Å². The molecule has 0 aliphatic heterocycles. The largest absolute Gasteiger partial charge is 0.468 e. The number of esters is 2. The summed E-state index contributed by atoms with van der Waals surface area (Å²) in [6, 6.07) is 8.82. The number of rotatable bonds is 4. The molecule has 0 N–H and O–H groups in total. The maximum atomic E-state index is 13.4. The maximum absolute atomic E-state index is 13.4. The van der Waals surface area contributed by atoms with Crippen LogP contribution in [-0.4, -0.2) is 31.4 Å². The maximum Gasteiger partial charge on any atom is 0.324 e. The Hall–Kier alpha value is -1.98. The van der Waals surface area contributed by atoms with Gasteiger partial charge in [0.2, 0.25) is 0 Å². The molecule has 1 fully saturated rings. The van der Waals surface area contributed by atoms with Gasteiger partial charge in [0.1, 0.15) is 19.0 Å². The summed E-state index contributed by atoms with van der Waals surface area (Å²) in [6.07, 6.45) is -4.83. The van der Waals surface area contributed by atoms with Gasteiger partial charge in [-0.25, -0.2) is 8.78 Å². The number of carbonyl (C=O) groups is 2. The smallest absolute Gasteiger partial charge is 0.324 e. The quantitative estimate of drug-likeness (QED) is 0.632. The third-order valence-corrected chi connectivity index (χ3v) is 3.66. The Kier molecular flexibility index (Phi) is 4.55. The monoisotopic (exact) mass is 298 g/mol. The van der Waals surface area contributed by atoms with Crippen molar-refractivity contribution < 1.29 is 27.8 Å². The van der Waals surface area contributed by atoms with Crippen LogP contribution >= 0.6 is 0 Å². The van der Waals surface area contributed by atoms with Crippen LogP contribution in [0.15, 0.2) is 30.3 Å². The molecule has 0 saturated heterocycles. The lowest BCUT2D eigenvalue weighted by Gasteiger charge is -2.23. The predicted molar refractivity (Wildman–Crippen MR) is 69.7 cm³/mol. The third kappa shape index (κ3) is 3.04. The summed E-state index contributed by atoms with van der Waals surface area (Å²) in [4.78, 5) is 24.0. The van der Waals surface area contributed by atoms with Crippen molar-refractivity contribution in [2.45, 2.75) is 31.8 Å². The number of benzene rings is 1. The molecule has 4 nitrogen and oxygen atoms in total. The van der Waals surface area contributed by atoms with Crippen LogP contribution < -0.4 is 0 Å². The number of alkyl halides is 2. The van der Waals surface area contributed by atoms with E-state index in [-0.39, 0.29) is 6.61 Å². The molecule has 1 aliphatic carbocycles. The highest BCUT2D eigenvalue weighted by Crippen LogP contribution is 2.43. The second kappa shape index (κ2) is 6.20. The Morgan fingerprint density at radius 3 is 2.24 bits per heavy atom. The SMILES string of the molecule is COC(=O)C1(C(=O)OCc2ccccc2)CC(F)C(F)C1. The zero-order chi connectivity index (χ0) is 15.5. The second-order valence-corrected chi connectivity index (χ2v) is 5.08. The van der Waals surface area contributed by atoms with Crippen molar-refractivity contribution in [2.75, 3.05) is 7.11 Å². The summed E-state index contributed by atoms with van der Waals surface area (Å²) in [6.45, 7) is -0.0632. The van der Waals surface area contributed by atoms with Crippen LogP contribution in [0, 0.1) is 5.41 Å². The van der Waals surface area contributed by atoms with E-state index in [9.17, 15) is 18.4 Å². The summed E-state index contributed by atoms with van der Waals surface area (Å²) in [7, 11) is 1.08. The highest BCUT2D eigenvalue weighted by Gasteiger charge is 2.58. The first-order chi connectivity index (χ1) is 9.99. The summed E-state index contributed by atoms with van der Waals surface area (Å²) in [5.41, 5.74) is -1.17. The molecule has 0 heterocycles. The highest BCUT2D eigenvalue weighted by molar-refractivity contribution is 6.00. The van der Waals surface area contributed by atoms with Crippen LogP contribution in [-0.2, 0) is 25.7 Å². The molecule has 1 aromatic carbocycles. The first kappa shape index (κ1) is 15.4. The van der Waals surface area contributed by atoms with Crippen LogP contribution in [0.3, 0.4) is 0 Å². The average molecular weight is 298 g/mol. The molecule has 2 unspecified atom stereocenters. The first-order valence-corrected chi connectivity index (χ1v) is 6.57. The average Bonchev–Trinajstić information content (AvgIpc) is 2.81. The van der Waals surface area contributed by atoms with Gasteiger partial charge in [-0.15, -0.1) is 0 Å². The van der Waals surface area contributed by atoms with E-state index in [4.69, 9.17) is 4.74 Å². The topological polar surface area (TPSA) is 52.6 Å². The lowest BCUT2D eigenvalue weighted by molar-refractivity contribution is -0.172. The van der Waals surface area contributed by atoms with Crippen molar-refractivity contribution in [1.29, 1.82) is 0 Å².